The van der Waals surface area contributed by atoms with Crippen molar-refractivity contribution in [3.8, 4) is 0 Å². The summed E-state index contributed by atoms with van der Waals surface area (Å²) in [6.45, 7) is 2.39. The minimum atomic E-state index is -0.345. The summed E-state index contributed by atoms with van der Waals surface area (Å²) in [6.07, 6.45) is 0.948. The quantitative estimate of drug-likeness (QED) is 0.775. The lowest BCUT2D eigenvalue weighted by molar-refractivity contribution is -0.138. The normalized spacial score (nSPS) is 17.7. The predicted molar refractivity (Wildman–Crippen MR) is 106 cm³/mol. The van der Waals surface area contributed by atoms with Crippen LogP contribution in [0.5, 0.6) is 0 Å². The summed E-state index contributed by atoms with van der Waals surface area (Å²) in [5.74, 6) is -0.00876. The molecular weight excluding hydrogens is 362 g/mol. The smallest absolute Gasteiger partial charge is 0.238 e. The zero-order valence-electron chi connectivity index (χ0n) is 15.4. The number of likely N-dealkylation sites (N-methyl/N-ethyl adjacent to an activating group) is 1. The zero-order valence-corrected chi connectivity index (χ0v) is 16.2. The van der Waals surface area contributed by atoms with Crippen LogP contribution in [0.25, 0.3) is 0 Å². The maximum atomic E-state index is 12.6. The molecule has 0 aliphatic carbocycles. The van der Waals surface area contributed by atoms with Gasteiger partial charge < -0.3 is 16.0 Å². The van der Waals surface area contributed by atoms with Crippen LogP contribution in [-0.2, 0) is 22.6 Å². The first kappa shape index (κ1) is 19.3. The summed E-state index contributed by atoms with van der Waals surface area (Å²) in [4.78, 5) is 33.1. The summed E-state index contributed by atoms with van der Waals surface area (Å²) in [7, 11) is 1.64. The molecule has 2 aromatic rings. The fraction of sp³-hybridized carbons (Fsp3) is 0.421. The third-order valence-corrected chi connectivity index (χ3v) is 5.51. The molecule has 1 fully saturated rings. The highest BCUT2D eigenvalue weighted by Gasteiger charge is 2.33. The van der Waals surface area contributed by atoms with Crippen LogP contribution < -0.4 is 11.1 Å². The summed E-state index contributed by atoms with van der Waals surface area (Å²) >= 11 is 1.38. The second-order valence-electron chi connectivity index (χ2n) is 6.60. The van der Waals surface area contributed by atoms with E-state index in [1.54, 1.807) is 11.9 Å². The highest BCUT2D eigenvalue weighted by atomic mass is 32.1. The summed E-state index contributed by atoms with van der Waals surface area (Å²) in [5.41, 5.74) is 7.64. The molecule has 2 heterocycles. The Bertz CT molecular complexity index is 779. The predicted octanol–water partition coefficient (Wildman–Crippen LogP) is 1.12. The lowest BCUT2D eigenvalue weighted by Gasteiger charge is -2.40. The molecule has 2 amide bonds. The van der Waals surface area contributed by atoms with E-state index < -0.39 is 0 Å². The number of carbonyl (C=O) groups excluding carboxylic acids is 2. The van der Waals surface area contributed by atoms with E-state index in [0.29, 0.717) is 44.2 Å². The second-order valence-corrected chi connectivity index (χ2v) is 7.49. The number of nitrogens with two attached hydrogens (primary N) is 1. The van der Waals surface area contributed by atoms with E-state index in [1.807, 2.05) is 23.6 Å². The van der Waals surface area contributed by atoms with Gasteiger partial charge in [0.1, 0.15) is 6.04 Å². The number of benzene rings is 1. The molecule has 1 atom stereocenters. The summed E-state index contributed by atoms with van der Waals surface area (Å²) in [5, 5.41) is 5.13. The van der Waals surface area contributed by atoms with Crippen LogP contribution in [0.1, 0.15) is 17.7 Å². The van der Waals surface area contributed by atoms with Crippen molar-refractivity contribution in [1.29, 1.82) is 0 Å². The van der Waals surface area contributed by atoms with Crippen LogP contribution in [0, 0.1) is 0 Å². The number of nitrogens with one attached hydrogen (secondary N) is 1. The second kappa shape index (κ2) is 8.96. The van der Waals surface area contributed by atoms with Crippen molar-refractivity contribution in [3.63, 3.8) is 0 Å². The Morgan fingerprint density at radius 1 is 1.30 bits per heavy atom. The van der Waals surface area contributed by atoms with E-state index in [4.69, 9.17) is 5.73 Å². The Balaban J connectivity index is 1.61. The van der Waals surface area contributed by atoms with Crippen molar-refractivity contribution in [2.75, 3.05) is 32.4 Å². The molecule has 0 spiro atoms. The lowest BCUT2D eigenvalue weighted by atomic mass is 10.1. The van der Waals surface area contributed by atoms with Gasteiger partial charge in [-0.1, -0.05) is 30.3 Å². The Morgan fingerprint density at radius 3 is 2.74 bits per heavy atom. The maximum absolute atomic E-state index is 12.6. The number of hydrogen-bond acceptors (Lipinski definition) is 6. The monoisotopic (exact) mass is 387 g/mol. The number of thiazole rings is 1. The third-order valence-electron chi connectivity index (χ3n) is 4.79. The Kier molecular flexibility index (Phi) is 6.41. The Labute approximate surface area is 163 Å². The van der Waals surface area contributed by atoms with Gasteiger partial charge in [-0.15, -0.1) is 11.3 Å². The van der Waals surface area contributed by atoms with E-state index in [0.717, 1.165) is 11.3 Å². The number of aryl methyl sites for hydroxylation is 1. The van der Waals surface area contributed by atoms with Gasteiger partial charge in [0.2, 0.25) is 11.8 Å². The zero-order chi connectivity index (χ0) is 19.2. The molecule has 1 aliphatic heterocycles. The molecule has 7 nitrogen and oxygen atoms in total. The SMILES string of the molecule is CNC(=O)[C@@H]1CN(C(=O)CCc2csc(N)n2)CCN1Cc1ccccc1. The van der Waals surface area contributed by atoms with Crippen molar-refractivity contribution < 1.29 is 9.59 Å². The minimum absolute atomic E-state index is 0.0508. The number of nitrogen functional groups attached to an aromatic ring is 1. The van der Waals surface area contributed by atoms with Crippen molar-refractivity contribution in [3.05, 3.63) is 47.0 Å². The number of carbonyl (C=O) groups is 2. The van der Waals surface area contributed by atoms with E-state index >= 15 is 0 Å². The average Bonchev–Trinajstić information content (AvgIpc) is 3.12. The van der Waals surface area contributed by atoms with Gasteiger partial charge in [-0.25, -0.2) is 4.98 Å². The molecule has 144 valence electrons. The molecule has 0 bridgehead atoms. The molecular formula is C19H25N5O2S. The van der Waals surface area contributed by atoms with Gasteiger partial charge in [-0.05, 0) is 12.0 Å². The topological polar surface area (TPSA) is 91.6 Å². The van der Waals surface area contributed by atoms with Gasteiger partial charge in [0.25, 0.3) is 0 Å². The summed E-state index contributed by atoms with van der Waals surface area (Å²) in [6, 6.07) is 9.73. The van der Waals surface area contributed by atoms with Crippen molar-refractivity contribution >= 4 is 28.3 Å². The van der Waals surface area contributed by atoms with Gasteiger partial charge in [-0.2, -0.15) is 0 Å². The molecule has 8 heteroatoms. The lowest BCUT2D eigenvalue weighted by Crippen LogP contribution is -2.59. The van der Waals surface area contributed by atoms with E-state index in [1.165, 1.54) is 11.3 Å². The van der Waals surface area contributed by atoms with Gasteiger partial charge in [0, 0.05) is 45.0 Å². The van der Waals surface area contributed by atoms with E-state index in [9.17, 15) is 9.59 Å². The first-order valence-electron chi connectivity index (χ1n) is 9.04. The fourth-order valence-corrected chi connectivity index (χ4v) is 3.90. The molecule has 1 aromatic heterocycles. The van der Waals surface area contributed by atoms with Crippen LogP contribution >= 0.6 is 11.3 Å². The Morgan fingerprint density at radius 2 is 2.07 bits per heavy atom. The highest BCUT2D eigenvalue weighted by Crippen LogP contribution is 2.17. The standard InChI is InChI=1S/C19H25N5O2S/c1-21-18(26)16-12-24(17(25)8-7-15-13-27-19(20)22-15)10-9-23(16)11-14-5-3-2-4-6-14/h2-6,13,16H,7-12H2,1H3,(H2,20,22)(H,21,26)/t16-/m0/s1. The van der Waals surface area contributed by atoms with E-state index in [-0.39, 0.29) is 17.9 Å². The Hall–Kier alpha value is -2.45. The number of rotatable bonds is 6. The van der Waals surface area contributed by atoms with Gasteiger partial charge >= 0.3 is 0 Å². The maximum Gasteiger partial charge on any atom is 0.238 e. The number of aromatic nitrogens is 1. The van der Waals surface area contributed by atoms with Crippen LogP contribution in [-0.4, -0.2) is 59.3 Å². The third kappa shape index (κ3) is 5.05. The largest absolute Gasteiger partial charge is 0.375 e. The number of anilines is 1. The van der Waals surface area contributed by atoms with Crippen LogP contribution in [0.2, 0.25) is 0 Å². The molecule has 1 aliphatic rings. The molecule has 3 N–H and O–H groups in total. The molecule has 0 saturated carbocycles. The number of hydrogen-bond donors (Lipinski definition) is 2. The van der Waals surface area contributed by atoms with Crippen LogP contribution in [0.15, 0.2) is 35.7 Å². The van der Waals surface area contributed by atoms with Crippen LogP contribution in [0.3, 0.4) is 0 Å². The molecule has 0 radical (unpaired) electrons. The van der Waals surface area contributed by atoms with Crippen molar-refractivity contribution in [2.24, 2.45) is 0 Å². The number of piperazine rings is 1. The fourth-order valence-electron chi connectivity index (χ4n) is 3.30. The average molecular weight is 388 g/mol. The number of amides is 2. The van der Waals surface area contributed by atoms with Gasteiger partial charge in [0.05, 0.1) is 5.69 Å². The highest BCUT2D eigenvalue weighted by molar-refractivity contribution is 7.13. The number of nitrogens with zero attached hydrogens (tertiary/aromatic N) is 3. The van der Waals surface area contributed by atoms with E-state index in [2.05, 4.69) is 27.3 Å². The molecule has 1 aromatic carbocycles. The molecule has 0 unspecified atom stereocenters. The first-order chi connectivity index (χ1) is 13.1. The van der Waals surface area contributed by atoms with Gasteiger partial charge in [0.15, 0.2) is 5.13 Å². The molecule has 1 saturated heterocycles. The van der Waals surface area contributed by atoms with Crippen molar-refractivity contribution in [1.82, 2.24) is 20.1 Å². The first-order valence-corrected chi connectivity index (χ1v) is 9.92. The summed E-state index contributed by atoms with van der Waals surface area (Å²) < 4.78 is 0. The molecule has 3 rings (SSSR count). The van der Waals surface area contributed by atoms with Crippen molar-refractivity contribution in [2.45, 2.75) is 25.4 Å². The van der Waals surface area contributed by atoms with Gasteiger partial charge in [-0.3, -0.25) is 14.5 Å². The minimum Gasteiger partial charge on any atom is -0.375 e. The molecule has 27 heavy (non-hydrogen) atoms. The van der Waals surface area contributed by atoms with Crippen LogP contribution in [0.4, 0.5) is 5.13 Å².